The Kier molecular flexibility index (Phi) is 4.28. The first-order valence-corrected chi connectivity index (χ1v) is 7.27. The summed E-state index contributed by atoms with van der Waals surface area (Å²) in [4.78, 5) is 6.83. The Morgan fingerprint density at radius 1 is 1.10 bits per heavy atom. The minimum absolute atomic E-state index is 0.501. The van der Waals surface area contributed by atoms with Crippen LogP contribution in [0, 0.1) is 0 Å². The van der Waals surface area contributed by atoms with Crippen LogP contribution < -0.4 is 5.32 Å². The van der Waals surface area contributed by atoms with Gasteiger partial charge in [-0.3, -0.25) is 0 Å². The van der Waals surface area contributed by atoms with E-state index in [0.717, 1.165) is 18.7 Å². The monoisotopic (exact) mass is 272 g/mol. The molecule has 0 unspecified atom stereocenters. The van der Waals surface area contributed by atoms with Gasteiger partial charge in [0.15, 0.2) is 0 Å². The second-order valence-corrected chi connectivity index (χ2v) is 5.12. The molecular weight excluding hydrogens is 252 g/mol. The number of piperidine rings is 1. The molecule has 1 fully saturated rings. The standard InChI is InChI=1S/C15H20N4O/c1-3-7-13(8-4-1)14-17-15(20-18-14)16-9-12-19-10-5-2-6-11-19/h1,3-4,7-8H,2,5-6,9-12H2,(H,16,17,18). The molecule has 1 aliphatic heterocycles. The van der Waals surface area contributed by atoms with Gasteiger partial charge in [-0.15, -0.1) is 0 Å². The molecule has 0 amide bonds. The number of rotatable bonds is 5. The van der Waals surface area contributed by atoms with Crippen molar-refractivity contribution >= 4 is 6.01 Å². The van der Waals surface area contributed by atoms with E-state index in [4.69, 9.17) is 4.52 Å². The zero-order valence-corrected chi connectivity index (χ0v) is 11.6. The van der Waals surface area contributed by atoms with Crippen LogP contribution in [-0.4, -0.2) is 41.2 Å². The Balaban J connectivity index is 1.50. The van der Waals surface area contributed by atoms with E-state index in [1.54, 1.807) is 0 Å². The zero-order chi connectivity index (χ0) is 13.6. The van der Waals surface area contributed by atoms with Crippen LogP contribution in [0.25, 0.3) is 11.4 Å². The highest BCUT2D eigenvalue weighted by atomic mass is 16.5. The van der Waals surface area contributed by atoms with E-state index in [1.807, 2.05) is 30.3 Å². The van der Waals surface area contributed by atoms with Crippen LogP contribution in [0.15, 0.2) is 34.9 Å². The fraction of sp³-hybridized carbons (Fsp3) is 0.467. The summed E-state index contributed by atoms with van der Waals surface area (Å²) in [5, 5.41) is 7.19. The normalized spacial score (nSPS) is 16.2. The topological polar surface area (TPSA) is 54.2 Å². The number of likely N-dealkylation sites (tertiary alicyclic amines) is 1. The third-order valence-corrected chi connectivity index (χ3v) is 3.61. The van der Waals surface area contributed by atoms with Crippen molar-refractivity contribution in [1.29, 1.82) is 0 Å². The first-order valence-electron chi connectivity index (χ1n) is 7.27. The van der Waals surface area contributed by atoms with Gasteiger partial charge in [-0.1, -0.05) is 41.9 Å². The van der Waals surface area contributed by atoms with Crippen molar-refractivity contribution in [2.45, 2.75) is 19.3 Å². The molecule has 106 valence electrons. The molecule has 1 N–H and O–H groups in total. The van der Waals surface area contributed by atoms with Crippen molar-refractivity contribution in [3.05, 3.63) is 30.3 Å². The van der Waals surface area contributed by atoms with E-state index in [0.29, 0.717) is 11.8 Å². The lowest BCUT2D eigenvalue weighted by atomic mass is 10.1. The van der Waals surface area contributed by atoms with Gasteiger partial charge in [0.1, 0.15) is 0 Å². The molecule has 2 aromatic rings. The van der Waals surface area contributed by atoms with Crippen LogP contribution in [0.1, 0.15) is 19.3 Å². The Morgan fingerprint density at radius 2 is 1.90 bits per heavy atom. The third kappa shape index (κ3) is 3.36. The fourth-order valence-electron chi connectivity index (χ4n) is 2.50. The molecule has 5 nitrogen and oxygen atoms in total. The molecule has 0 spiro atoms. The second kappa shape index (κ2) is 6.52. The van der Waals surface area contributed by atoms with Crippen molar-refractivity contribution in [1.82, 2.24) is 15.0 Å². The molecule has 0 aliphatic carbocycles. The average molecular weight is 272 g/mol. The first kappa shape index (κ1) is 13.1. The van der Waals surface area contributed by atoms with Crippen LogP contribution in [0.4, 0.5) is 6.01 Å². The predicted octanol–water partition coefficient (Wildman–Crippen LogP) is 2.63. The molecule has 1 saturated heterocycles. The lowest BCUT2D eigenvalue weighted by Crippen LogP contribution is -2.33. The smallest absolute Gasteiger partial charge is 0.321 e. The van der Waals surface area contributed by atoms with Crippen molar-refractivity contribution in [3.8, 4) is 11.4 Å². The lowest BCUT2D eigenvalue weighted by Gasteiger charge is -2.26. The second-order valence-electron chi connectivity index (χ2n) is 5.12. The molecule has 2 heterocycles. The highest BCUT2D eigenvalue weighted by Gasteiger charge is 2.11. The molecule has 0 radical (unpaired) electrons. The van der Waals surface area contributed by atoms with Gasteiger partial charge >= 0.3 is 6.01 Å². The molecule has 0 bridgehead atoms. The summed E-state index contributed by atoms with van der Waals surface area (Å²) in [5.41, 5.74) is 0.973. The van der Waals surface area contributed by atoms with Crippen LogP contribution in [-0.2, 0) is 0 Å². The molecule has 3 rings (SSSR count). The molecule has 1 aliphatic rings. The summed E-state index contributed by atoms with van der Waals surface area (Å²) in [6.45, 7) is 4.29. The van der Waals surface area contributed by atoms with Crippen LogP contribution in [0.2, 0.25) is 0 Å². The maximum absolute atomic E-state index is 5.22. The van der Waals surface area contributed by atoms with Crippen LogP contribution >= 0.6 is 0 Å². The number of hydrogen-bond acceptors (Lipinski definition) is 5. The largest absolute Gasteiger partial charge is 0.336 e. The summed E-state index contributed by atoms with van der Waals surface area (Å²) in [5.74, 6) is 0.631. The highest BCUT2D eigenvalue weighted by molar-refractivity contribution is 5.54. The van der Waals surface area contributed by atoms with Gasteiger partial charge in [0.05, 0.1) is 0 Å². The SMILES string of the molecule is c1ccc(-c2noc(NCCN3CCCCC3)n2)cc1. The maximum Gasteiger partial charge on any atom is 0.321 e. The average Bonchev–Trinajstić information content (AvgIpc) is 2.98. The Labute approximate surface area is 119 Å². The Hall–Kier alpha value is -1.88. The number of anilines is 1. The number of benzene rings is 1. The third-order valence-electron chi connectivity index (χ3n) is 3.61. The van der Waals surface area contributed by atoms with Gasteiger partial charge in [-0.25, -0.2) is 0 Å². The first-order chi connectivity index (χ1) is 9.92. The van der Waals surface area contributed by atoms with Gasteiger partial charge < -0.3 is 14.7 Å². The molecule has 1 aromatic carbocycles. The molecule has 1 aromatic heterocycles. The van der Waals surface area contributed by atoms with Gasteiger partial charge in [0.25, 0.3) is 0 Å². The fourth-order valence-corrected chi connectivity index (χ4v) is 2.50. The molecule has 5 heteroatoms. The molecule has 0 atom stereocenters. The van der Waals surface area contributed by atoms with E-state index in [-0.39, 0.29) is 0 Å². The number of nitrogens with zero attached hydrogens (tertiary/aromatic N) is 3. The summed E-state index contributed by atoms with van der Waals surface area (Å²) in [6, 6.07) is 10.4. The van der Waals surface area contributed by atoms with Crippen molar-refractivity contribution in [2.75, 3.05) is 31.5 Å². The van der Waals surface area contributed by atoms with E-state index in [1.165, 1.54) is 32.4 Å². The van der Waals surface area contributed by atoms with E-state index in [9.17, 15) is 0 Å². The summed E-state index contributed by atoms with van der Waals surface area (Å²) < 4.78 is 5.22. The van der Waals surface area contributed by atoms with Gasteiger partial charge in [-0.2, -0.15) is 4.98 Å². The molecule has 0 saturated carbocycles. The zero-order valence-electron chi connectivity index (χ0n) is 11.6. The van der Waals surface area contributed by atoms with Gasteiger partial charge in [-0.05, 0) is 25.9 Å². The summed E-state index contributed by atoms with van der Waals surface area (Å²) >= 11 is 0. The predicted molar refractivity (Wildman–Crippen MR) is 78.5 cm³/mol. The minimum Gasteiger partial charge on any atom is -0.336 e. The summed E-state index contributed by atoms with van der Waals surface area (Å²) in [6.07, 6.45) is 4.01. The van der Waals surface area contributed by atoms with Crippen molar-refractivity contribution < 1.29 is 4.52 Å². The van der Waals surface area contributed by atoms with Crippen LogP contribution in [0.5, 0.6) is 0 Å². The van der Waals surface area contributed by atoms with E-state index < -0.39 is 0 Å². The Morgan fingerprint density at radius 3 is 2.70 bits per heavy atom. The molecular formula is C15H20N4O. The highest BCUT2D eigenvalue weighted by Crippen LogP contribution is 2.16. The number of hydrogen-bond donors (Lipinski definition) is 1. The maximum atomic E-state index is 5.22. The van der Waals surface area contributed by atoms with Crippen molar-refractivity contribution in [3.63, 3.8) is 0 Å². The van der Waals surface area contributed by atoms with E-state index >= 15 is 0 Å². The lowest BCUT2D eigenvalue weighted by molar-refractivity contribution is 0.236. The molecule has 20 heavy (non-hydrogen) atoms. The van der Waals surface area contributed by atoms with E-state index in [2.05, 4.69) is 20.4 Å². The quantitative estimate of drug-likeness (QED) is 0.906. The Bertz CT molecular complexity index is 520. The summed E-state index contributed by atoms with van der Waals surface area (Å²) in [7, 11) is 0. The van der Waals surface area contributed by atoms with Gasteiger partial charge in [0.2, 0.25) is 5.82 Å². The minimum atomic E-state index is 0.501. The number of nitrogens with one attached hydrogen (secondary N) is 1. The van der Waals surface area contributed by atoms with Crippen molar-refractivity contribution in [2.24, 2.45) is 0 Å². The van der Waals surface area contributed by atoms with Crippen LogP contribution in [0.3, 0.4) is 0 Å². The van der Waals surface area contributed by atoms with Gasteiger partial charge in [0, 0.05) is 18.7 Å². The number of aromatic nitrogens is 2.